The lowest BCUT2D eigenvalue weighted by atomic mass is 9.79. The zero-order chi connectivity index (χ0) is 16.3. The molecule has 0 aromatic carbocycles. The first kappa shape index (κ1) is 19.9. The van der Waals surface area contributed by atoms with Gasteiger partial charge in [-0.2, -0.15) is 0 Å². The SMILES string of the molecule is CCNCCC(CO)(CCCCCC(C)CC)CNC1CC1. The summed E-state index contributed by atoms with van der Waals surface area (Å²) in [6, 6.07) is 0.732. The van der Waals surface area contributed by atoms with Gasteiger partial charge in [-0.05, 0) is 44.7 Å². The van der Waals surface area contributed by atoms with Crippen LogP contribution in [0.5, 0.6) is 0 Å². The molecule has 3 N–H and O–H groups in total. The van der Waals surface area contributed by atoms with Crippen molar-refractivity contribution in [3.8, 4) is 0 Å². The predicted molar refractivity (Wildman–Crippen MR) is 96.2 cm³/mol. The zero-order valence-electron chi connectivity index (χ0n) is 15.3. The van der Waals surface area contributed by atoms with Crippen molar-refractivity contribution in [2.24, 2.45) is 11.3 Å². The minimum Gasteiger partial charge on any atom is -0.396 e. The molecule has 0 aromatic heterocycles. The molecule has 0 heterocycles. The highest BCUT2D eigenvalue weighted by atomic mass is 16.3. The predicted octanol–water partition coefficient (Wildman–Crippen LogP) is 3.71. The number of hydrogen-bond acceptors (Lipinski definition) is 3. The third-order valence-electron chi connectivity index (χ3n) is 5.36. The third-order valence-corrected chi connectivity index (χ3v) is 5.36. The van der Waals surface area contributed by atoms with E-state index in [1.165, 1.54) is 44.9 Å². The van der Waals surface area contributed by atoms with Gasteiger partial charge < -0.3 is 15.7 Å². The number of aliphatic hydroxyl groups excluding tert-OH is 1. The van der Waals surface area contributed by atoms with Gasteiger partial charge in [0.1, 0.15) is 0 Å². The van der Waals surface area contributed by atoms with Crippen LogP contribution in [0.1, 0.15) is 78.6 Å². The fourth-order valence-electron chi connectivity index (χ4n) is 3.07. The first-order chi connectivity index (χ1) is 10.7. The first-order valence-electron chi connectivity index (χ1n) is 9.70. The Labute approximate surface area is 138 Å². The van der Waals surface area contributed by atoms with Gasteiger partial charge in [0.05, 0.1) is 0 Å². The van der Waals surface area contributed by atoms with Crippen LogP contribution in [0, 0.1) is 11.3 Å². The van der Waals surface area contributed by atoms with Crippen LogP contribution >= 0.6 is 0 Å². The number of nitrogens with one attached hydrogen (secondary N) is 2. The maximum atomic E-state index is 10.0. The van der Waals surface area contributed by atoms with E-state index in [1.54, 1.807) is 0 Å². The summed E-state index contributed by atoms with van der Waals surface area (Å²) in [6.07, 6.45) is 11.5. The summed E-state index contributed by atoms with van der Waals surface area (Å²) in [5.41, 5.74) is 0.0845. The van der Waals surface area contributed by atoms with Gasteiger partial charge in [-0.15, -0.1) is 0 Å². The highest BCUT2D eigenvalue weighted by Gasteiger charge is 2.31. The summed E-state index contributed by atoms with van der Waals surface area (Å²) in [7, 11) is 0. The Morgan fingerprint density at radius 2 is 1.91 bits per heavy atom. The van der Waals surface area contributed by atoms with Gasteiger partial charge in [0, 0.05) is 24.6 Å². The monoisotopic (exact) mass is 312 g/mol. The lowest BCUT2D eigenvalue weighted by Crippen LogP contribution is -2.40. The van der Waals surface area contributed by atoms with E-state index in [9.17, 15) is 5.11 Å². The number of rotatable bonds is 15. The molecule has 0 saturated heterocycles. The molecule has 3 nitrogen and oxygen atoms in total. The van der Waals surface area contributed by atoms with Gasteiger partial charge >= 0.3 is 0 Å². The Bertz CT molecular complexity index is 268. The van der Waals surface area contributed by atoms with Crippen LogP contribution in [0.4, 0.5) is 0 Å². The molecule has 0 aliphatic heterocycles. The minimum atomic E-state index is 0.0845. The fourth-order valence-corrected chi connectivity index (χ4v) is 3.07. The van der Waals surface area contributed by atoms with Gasteiger partial charge in [0.25, 0.3) is 0 Å². The van der Waals surface area contributed by atoms with E-state index in [1.807, 2.05) is 0 Å². The molecule has 22 heavy (non-hydrogen) atoms. The molecule has 1 rings (SSSR count). The summed E-state index contributed by atoms with van der Waals surface area (Å²) < 4.78 is 0. The maximum Gasteiger partial charge on any atom is 0.0500 e. The molecule has 132 valence electrons. The van der Waals surface area contributed by atoms with Crippen molar-refractivity contribution >= 4 is 0 Å². The van der Waals surface area contributed by atoms with Crippen molar-refractivity contribution in [3.63, 3.8) is 0 Å². The summed E-state index contributed by atoms with van der Waals surface area (Å²) in [6.45, 7) is 10.1. The number of unbranched alkanes of at least 4 members (excludes halogenated alkanes) is 2. The second kappa shape index (κ2) is 11.4. The van der Waals surface area contributed by atoms with Gasteiger partial charge in [-0.1, -0.05) is 52.9 Å². The lowest BCUT2D eigenvalue weighted by molar-refractivity contribution is 0.0992. The summed E-state index contributed by atoms with van der Waals surface area (Å²) >= 11 is 0. The van der Waals surface area contributed by atoms with Crippen LogP contribution in [0.2, 0.25) is 0 Å². The number of aliphatic hydroxyl groups is 1. The largest absolute Gasteiger partial charge is 0.396 e. The fraction of sp³-hybridized carbons (Fsp3) is 1.00. The van der Waals surface area contributed by atoms with Crippen LogP contribution in [-0.4, -0.2) is 37.4 Å². The highest BCUT2D eigenvalue weighted by molar-refractivity contribution is 4.88. The molecule has 0 radical (unpaired) electrons. The Morgan fingerprint density at radius 1 is 1.14 bits per heavy atom. The highest BCUT2D eigenvalue weighted by Crippen LogP contribution is 2.30. The zero-order valence-corrected chi connectivity index (χ0v) is 15.3. The summed E-state index contributed by atoms with van der Waals surface area (Å²) in [5, 5.41) is 17.1. The van der Waals surface area contributed by atoms with E-state index < -0.39 is 0 Å². The van der Waals surface area contributed by atoms with E-state index in [4.69, 9.17) is 0 Å². The summed E-state index contributed by atoms with van der Waals surface area (Å²) in [4.78, 5) is 0. The van der Waals surface area contributed by atoms with E-state index in [0.29, 0.717) is 6.61 Å². The smallest absolute Gasteiger partial charge is 0.0500 e. The van der Waals surface area contributed by atoms with Gasteiger partial charge in [0.2, 0.25) is 0 Å². The lowest BCUT2D eigenvalue weighted by Gasteiger charge is -2.33. The third kappa shape index (κ3) is 8.50. The first-order valence-corrected chi connectivity index (χ1v) is 9.70. The van der Waals surface area contributed by atoms with E-state index in [2.05, 4.69) is 31.4 Å². The second-order valence-electron chi connectivity index (χ2n) is 7.53. The molecule has 0 amide bonds. The van der Waals surface area contributed by atoms with Crippen LogP contribution in [0.25, 0.3) is 0 Å². The van der Waals surface area contributed by atoms with E-state index in [-0.39, 0.29) is 5.41 Å². The van der Waals surface area contributed by atoms with Crippen LogP contribution < -0.4 is 10.6 Å². The van der Waals surface area contributed by atoms with Gasteiger partial charge in [-0.3, -0.25) is 0 Å². The minimum absolute atomic E-state index is 0.0845. The standard InChI is InChI=1S/C19H40N2O/c1-4-17(3)9-7-6-8-12-19(16-22,13-14-20-5-2)15-21-18-10-11-18/h17-18,20-22H,4-16H2,1-3H3. The molecule has 0 aromatic rings. The molecule has 3 heteroatoms. The maximum absolute atomic E-state index is 10.0. The normalized spacial score (nSPS) is 19.1. The Balaban J connectivity index is 2.30. The second-order valence-corrected chi connectivity index (χ2v) is 7.53. The number of hydrogen-bond donors (Lipinski definition) is 3. The molecule has 2 atom stereocenters. The Morgan fingerprint density at radius 3 is 2.50 bits per heavy atom. The van der Waals surface area contributed by atoms with Crippen molar-refractivity contribution in [3.05, 3.63) is 0 Å². The summed E-state index contributed by atoms with van der Waals surface area (Å²) in [5.74, 6) is 0.868. The van der Waals surface area contributed by atoms with Crippen molar-refractivity contribution < 1.29 is 5.11 Å². The topological polar surface area (TPSA) is 44.3 Å². The van der Waals surface area contributed by atoms with Crippen LogP contribution in [-0.2, 0) is 0 Å². The van der Waals surface area contributed by atoms with E-state index >= 15 is 0 Å². The van der Waals surface area contributed by atoms with Crippen molar-refractivity contribution in [1.82, 2.24) is 10.6 Å². The molecular formula is C19H40N2O. The average molecular weight is 313 g/mol. The van der Waals surface area contributed by atoms with Crippen LogP contribution in [0.3, 0.4) is 0 Å². The molecule has 0 spiro atoms. The molecule has 0 bridgehead atoms. The molecule has 1 saturated carbocycles. The molecule has 2 unspecified atom stereocenters. The quantitative estimate of drug-likeness (QED) is 0.404. The molecule has 1 aliphatic carbocycles. The van der Waals surface area contributed by atoms with Crippen molar-refractivity contribution in [2.45, 2.75) is 84.6 Å². The Kier molecular flexibility index (Phi) is 10.3. The average Bonchev–Trinajstić information content (AvgIpc) is 3.36. The molecular weight excluding hydrogens is 272 g/mol. The molecule has 1 aliphatic rings. The Hall–Kier alpha value is -0.120. The molecule has 1 fully saturated rings. The van der Waals surface area contributed by atoms with E-state index in [0.717, 1.165) is 44.4 Å². The van der Waals surface area contributed by atoms with Gasteiger partial charge in [0.15, 0.2) is 0 Å². The van der Waals surface area contributed by atoms with Crippen molar-refractivity contribution in [2.75, 3.05) is 26.2 Å². The van der Waals surface area contributed by atoms with Crippen LogP contribution in [0.15, 0.2) is 0 Å². The van der Waals surface area contributed by atoms with Gasteiger partial charge in [-0.25, -0.2) is 0 Å². The van der Waals surface area contributed by atoms with Crippen molar-refractivity contribution in [1.29, 1.82) is 0 Å².